The van der Waals surface area contributed by atoms with E-state index in [9.17, 15) is 0 Å². The SMILES string of the molecule is CB(C)c1ccc(OCc2ccccc2)cc1. The number of ether oxygens (including phenoxy) is 1. The smallest absolute Gasteiger partial charge is 0.169 e. The predicted octanol–water partition coefficient (Wildman–Crippen LogP) is 3.23. The van der Waals surface area contributed by atoms with Crippen LogP contribution in [-0.2, 0) is 6.61 Å². The Labute approximate surface area is 104 Å². The average Bonchev–Trinajstić information content (AvgIpc) is 2.38. The molecule has 0 unspecified atom stereocenters. The van der Waals surface area contributed by atoms with E-state index in [-0.39, 0.29) is 0 Å². The monoisotopic (exact) mass is 224 g/mol. The normalized spacial score (nSPS) is 10.0. The van der Waals surface area contributed by atoms with Gasteiger partial charge in [0.05, 0.1) is 0 Å². The second-order valence-corrected chi connectivity index (χ2v) is 4.50. The zero-order valence-electron chi connectivity index (χ0n) is 10.4. The maximum Gasteiger partial charge on any atom is 0.169 e. The molecule has 0 atom stereocenters. The van der Waals surface area contributed by atoms with Crippen molar-refractivity contribution in [3.05, 3.63) is 60.2 Å². The summed E-state index contributed by atoms with van der Waals surface area (Å²) < 4.78 is 5.73. The van der Waals surface area contributed by atoms with Crippen molar-refractivity contribution in [2.24, 2.45) is 0 Å². The van der Waals surface area contributed by atoms with Gasteiger partial charge in [0, 0.05) is 0 Å². The molecular weight excluding hydrogens is 207 g/mol. The fraction of sp³-hybridized carbons (Fsp3) is 0.200. The van der Waals surface area contributed by atoms with Gasteiger partial charge in [-0.3, -0.25) is 0 Å². The standard InChI is InChI=1S/C15H17BO/c1-16(2)14-8-10-15(11-9-14)17-12-13-6-4-3-5-7-13/h3-11H,12H2,1-2H3. The van der Waals surface area contributed by atoms with Crippen molar-refractivity contribution in [3.63, 3.8) is 0 Å². The first-order valence-electron chi connectivity index (χ1n) is 6.02. The molecule has 2 aromatic carbocycles. The minimum atomic E-state index is 0.568. The van der Waals surface area contributed by atoms with E-state index < -0.39 is 0 Å². The van der Waals surface area contributed by atoms with Gasteiger partial charge < -0.3 is 4.74 Å². The number of rotatable bonds is 4. The summed E-state index contributed by atoms with van der Waals surface area (Å²) in [6.07, 6.45) is 0. The third-order valence-electron chi connectivity index (χ3n) is 2.80. The molecule has 2 aromatic rings. The lowest BCUT2D eigenvalue weighted by atomic mass is 9.49. The first kappa shape index (κ1) is 11.8. The molecule has 0 heterocycles. The quantitative estimate of drug-likeness (QED) is 0.724. The van der Waals surface area contributed by atoms with Gasteiger partial charge in [-0.25, -0.2) is 0 Å². The van der Waals surface area contributed by atoms with E-state index in [0.29, 0.717) is 13.3 Å². The summed E-state index contributed by atoms with van der Waals surface area (Å²) >= 11 is 0. The van der Waals surface area contributed by atoms with Gasteiger partial charge in [0.1, 0.15) is 12.4 Å². The van der Waals surface area contributed by atoms with E-state index in [0.717, 1.165) is 5.75 Å². The Hall–Kier alpha value is -1.70. The minimum Gasteiger partial charge on any atom is -0.489 e. The van der Waals surface area contributed by atoms with Crippen molar-refractivity contribution in [2.75, 3.05) is 0 Å². The molecule has 0 aliphatic carbocycles. The molecule has 0 aliphatic heterocycles. The van der Waals surface area contributed by atoms with Crippen LogP contribution in [0.15, 0.2) is 54.6 Å². The van der Waals surface area contributed by atoms with Crippen LogP contribution in [0.5, 0.6) is 5.75 Å². The van der Waals surface area contributed by atoms with Gasteiger partial charge in [-0.15, -0.1) is 0 Å². The first-order chi connectivity index (χ1) is 8.25. The number of hydrogen-bond donors (Lipinski definition) is 0. The van der Waals surface area contributed by atoms with Crippen molar-refractivity contribution >= 4 is 12.2 Å². The fourth-order valence-electron chi connectivity index (χ4n) is 1.69. The highest BCUT2D eigenvalue weighted by Gasteiger charge is 2.02. The predicted molar refractivity (Wildman–Crippen MR) is 74.3 cm³/mol. The molecule has 0 saturated carbocycles. The Kier molecular flexibility index (Phi) is 3.87. The number of benzene rings is 2. The molecule has 0 fully saturated rings. The maximum atomic E-state index is 5.73. The molecule has 0 amide bonds. The Morgan fingerprint density at radius 3 is 2.12 bits per heavy atom. The first-order valence-corrected chi connectivity index (χ1v) is 6.02. The molecule has 0 bridgehead atoms. The molecule has 0 aromatic heterocycles. The largest absolute Gasteiger partial charge is 0.489 e. The summed E-state index contributed by atoms with van der Waals surface area (Å²) in [7, 11) is 0. The Balaban J connectivity index is 1.96. The van der Waals surface area contributed by atoms with Crippen LogP contribution < -0.4 is 10.2 Å². The van der Waals surface area contributed by atoms with Crippen molar-refractivity contribution in [2.45, 2.75) is 20.3 Å². The van der Waals surface area contributed by atoms with Gasteiger partial charge in [-0.1, -0.05) is 61.6 Å². The van der Waals surface area contributed by atoms with E-state index in [4.69, 9.17) is 4.74 Å². The van der Waals surface area contributed by atoms with Crippen LogP contribution in [0.25, 0.3) is 0 Å². The van der Waals surface area contributed by atoms with Crippen molar-refractivity contribution in [3.8, 4) is 5.75 Å². The molecule has 0 saturated heterocycles. The summed E-state index contributed by atoms with van der Waals surface area (Å²) in [5, 5.41) is 0. The van der Waals surface area contributed by atoms with E-state index in [1.54, 1.807) is 0 Å². The molecular formula is C15H17BO. The van der Waals surface area contributed by atoms with E-state index in [1.165, 1.54) is 11.0 Å². The summed E-state index contributed by atoms with van der Waals surface area (Å²) in [5.41, 5.74) is 2.54. The van der Waals surface area contributed by atoms with E-state index >= 15 is 0 Å². The Bertz CT molecular complexity index is 448. The second kappa shape index (κ2) is 5.58. The summed E-state index contributed by atoms with van der Waals surface area (Å²) in [6, 6.07) is 18.6. The van der Waals surface area contributed by atoms with Gasteiger partial charge in [0.25, 0.3) is 0 Å². The maximum absolute atomic E-state index is 5.73. The van der Waals surface area contributed by atoms with Crippen LogP contribution in [0, 0.1) is 0 Å². The van der Waals surface area contributed by atoms with Crippen molar-refractivity contribution in [1.29, 1.82) is 0 Å². The van der Waals surface area contributed by atoms with E-state index in [2.05, 4.69) is 37.9 Å². The van der Waals surface area contributed by atoms with E-state index in [1.807, 2.05) is 30.3 Å². The highest BCUT2D eigenvalue weighted by Crippen LogP contribution is 2.11. The van der Waals surface area contributed by atoms with Crippen LogP contribution >= 0.6 is 0 Å². The van der Waals surface area contributed by atoms with Crippen molar-refractivity contribution in [1.82, 2.24) is 0 Å². The molecule has 0 N–H and O–H groups in total. The van der Waals surface area contributed by atoms with Gasteiger partial charge in [-0.05, 0) is 17.7 Å². The molecule has 86 valence electrons. The lowest BCUT2D eigenvalue weighted by Gasteiger charge is -2.08. The zero-order chi connectivity index (χ0) is 12.1. The fourth-order valence-corrected chi connectivity index (χ4v) is 1.69. The molecule has 0 radical (unpaired) electrons. The van der Waals surface area contributed by atoms with Crippen LogP contribution in [0.4, 0.5) is 0 Å². The summed E-state index contributed by atoms with van der Waals surface area (Å²) in [4.78, 5) is 0. The highest BCUT2D eigenvalue weighted by molar-refractivity contribution is 6.70. The zero-order valence-corrected chi connectivity index (χ0v) is 10.4. The number of hydrogen-bond acceptors (Lipinski definition) is 1. The lowest BCUT2D eigenvalue weighted by molar-refractivity contribution is 0.306. The Morgan fingerprint density at radius 2 is 1.53 bits per heavy atom. The lowest BCUT2D eigenvalue weighted by Crippen LogP contribution is -2.21. The minimum absolute atomic E-state index is 0.568. The highest BCUT2D eigenvalue weighted by atomic mass is 16.5. The van der Waals surface area contributed by atoms with Crippen LogP contribution in [0.2, 0.25) is 13.6 Å². The third kappa shape index (κ3) is 3.38. The van der Waals surface area contributed by atoms with Gasteiger partial charge >= 0.3 is 0 Å². The van der Waals surface area contributed by atoms with Gasteiger partial charge in [-0.2, -0.15) is 0 Å². The molecule has 2 rings (SSSR count). The molecule has 17 heavy (non-hydrogen) atoms. The topological polar surface area (TPSA) is 9.23 Å². The summed E-state index contributed by atoms with van der Waals surface area (Å²) in [6.45, 7) is 5.58. The van der Waals surface area contributed by atoms with Gasteiger partial charge in [0.15, 0.2) is 6.71 Å². The average molecular weight is 224 g/mol. The Morgan fingerprint density at radius 1 is 0.882 bits per heavy atom. The molecule has 0 aliphatic rings. The molecule has 0 spiro atoms. The second-order valence-electron chi connectivity index (χ2n) is 4.50. The molecule has 2 heteroatoms. The van der Waals surface area contributed by atoms with Crippen LogP contribution in [-0.4, -0.2) is 6.71 Å². The summed E-state index contributed by atoms with van der Waals surface area (Å²) in [5.74, 6) is 0.929. The molecule has 1 nitrogen and oxygen atoms in total. The van der Waals surface area contributed by atoms with Crippen molar-refractivity contribution < 1.29 is 4.74 Å². The van der Waals surface area contributed by atoms with Crippen LogP contribution in [0.1, 0.15) is 5.56 Å². The van der Waals surface area contributed by atoms with Crippen LogP contribution in [0.3, 0.4) is 0 Å². The third-order valence-corrected chi connectivity index (χ3v) is 2.80. The van der Waals surface area contributed by atoms with Gasteiger partial charge in [0.2, 0.25) is 0 Å².